The van der Waals surface area contributed by atoms with Gasteiger partial charge in [-0.1, -0.05) is 54.6 Å². The lowest BCUT2D eigenvalue weighted by Gasteiger charge is -2.24. The number of hydrogen-bond acceptors (Lipinski definition) is 11. The van der Waals surface area contributed by atoms with Crippen LogP contribution in [0.15, 0.2) is 103 Å². The van der Waals surface area contributed by atoms with Gasteiger partial charge in [-0.15, -0.1) is 0 Å². The van der Waals surface area contributed by atoms with E-state index in [9.17, 15) is 24.0 Å². The first-order valence-corrected chi connectivity index (χ1v) is 13.4. The molecule has 0 bridgehead atoms. The van der Waals surface area contributed by atoms with Crippen molar-refractivity contribution in [1.82, 2.24) is 0 Å². The number of rotatable bonds is 11. The van der Waals surface area contributed by atoms with Crippen molar-refractivity contribution in [3.8, 4) is 0 Å². The van der Waals surface area contributed by atoms with Crippen LogP contribution in [0.4, 0.5) is 0 Å². The van der Waals surface area contributed by atoms with Gasteiger partial charge in [-0.3, -0.25) is 4.79 Å². The Morgan fingerprint density at radius 2 is 1.16 bits per heavy atom. The molecule has 3 aromatic rings. The Labute approximate surface area is 247 Å². The Hall–Kier alpha value is -5.29. The van der Waals surface area contributed by atoms with Crippen LogP contribution >= 0.6 is 0 Å². The van der Waals surface area contributed by atoms with E-state index in [-0.39, 0.29) is 23.3 Å². The normalized spacial score (nSPS) is 19.6. The monoisotopic (exact) mass is 587 g/mol. The van der Waals surface area contributed by atoms with Crippen LogP contribution in [-0.2, 0) is 33.3 Å². The molecule has 0 radical (unpaired) electrons. The highest BCUT2D eigenvalue weighted by atomic mass is 16.7. The summed E-state index contributed by atoms with van der Waals surface area (Å²) in [6, 6.07) is 24.1. The lowest BCUT2D eigenvalue weighted by Crippen LogP contribution is -2.43. The number of esters is 4. The minimum Gasteiger partial charge on any atom is -0.461 e. The molecule has 0 unspecified atom stereocenters. The molecule has 43 heavy (non-hydrogen) atoms. The van der Waals surface area contributed by atoms with E-state index in [1.807, 2.05) is 0 Å². The van der Waals surface area contributed by atoms with Crippen LogP contribution in [0.5, 0.6) is 0 Å². The zero-order valence-electron chi connectivity index (χ0n) is 23.1. The number of nitrogens with two attached hydrogens (primary N) is 1. The molecule has 1 aliphatic heterocycles. The van der Waals surface area contributed by atoms with Gasteiger partial charge < -0.3 is 29.4 Å². The number of ether oxygens (including phenoxy) is 5. The van der Waals surface area contributed by atoms with Crippen LogP contribution in [0, 0.1) is 0 Å². The highest BCUT2D eigenvalue weighted by Crippen LogP contribution is 2.30. The zero-order chi connectivity index (χ0) is 30.8. The van der Waals surface area contributed by atoms with Crippen LogP contribution in [0.3, 0.4) is 0 Å². The second kappa shape index (κ2) is 14.6. The van der Waals surface area contributed by atoms with Gasteiger partial charge in [0.1, 0.15) is 18.4 Å². The van der Waals surface area contributed by atoms with Gasteiger partial charge in [0.25, 0.3) is 0 Å². The van der Waals surface area contributed by atoms with Crippen molar-refractivity contribution in [3.05, 3.63) is 119 Å². The maximum Gasteiger partial charge on any atom is 0.354 e. The zero-order valence-corrected chi connectivity index (χ0v) is 23.1. The Bertz CT molecular complexity index is 1470. The Morgan fingerprint density at radius 1 is 0.698 bits per heavy atom. The molecule has 2 N–H and O–H groups in total. The molecule has 0 spiro atoms. The summed E-state index contributed by atoms with van der Waals surface area (Å²) >= 11 is 0. The molecule has 0 saturated carbocycles. The minimum absolute atomic E-state index is 0.0190. The van der Waals surface area contributed by atoms with Crippen molar-refractivity contribution in [2.45, 2.75) is 31.3 Å². The smallest absolute Gasteiger partial charge is 0.354 e. The molecule has 0 aromatic heterocycles. The minimum atomic E-state index is -1.59. The molecule has 1 aliphatic rings. The maximum absolute atomic E-state index is 13.4. The number of ketones is 1. The first kappa shape index (κ1) is 30.7. The molecular weight excluding hydrogens is 558 g/mol. The van der Waals surface area contributed by atoms with Gasteiger partial charge in [0, 0.05) is 6.08 Å². The number of carbonyl (C=O) groups excluding carboxylic acids is 5. The standard InChI is InChI=1S/C32H29NO10/c1-2-39-32(38)23(33)18-24(34)26-28(43-31(37)22-16-10-5-11-17-22)27(42-30(36)21-14-8-4-9-15-21)25(41-26)19-40-29(35)20-12-6-3-7-13-20/h3-18,25-28H,2,19,33H2,1H3/b23-18-/t25-,26+,27-,28+/m1/s1. The molecule has 222 valence electrons. The Morgan fingerprint density at radius 3 is 1.65 bits per heavy atom. The van der Waals surface area contributed by atoms with Crippen LogP contribution in [-0.4, -0.2) is 67.3 Å². The summed E-state index contributed by atoms with van der Waals surface area (Å²) in [7, 11) is 0. The van der Waals surface area contributed by atoms with E-state index in [4.69, 9.17) is 29.4 Å². The number of hydrogen-bond donors (Lipinski definition) is 1. The van der Waals surface area contributed by atoms with Crippen molar-refractivity contribution in [1.29, 1.82) is 0 Å². The highest BCUT2D eigenvalue weighted by Gasteiger charge is 2.52. The lowest BCUT2D eigenvalue weighted by atomic mass is 10.0. The fourth-order valence-electron chi connectivity index (χ4n) is 4.22. The van der Waals surface area contributed by atoms with Crippen molar-refractivity contribution in [2.75, 3.05) is 13.2 Å². The number of benzene rings is 3. The summed E-state index contributed by atoms with van der Waals surface area (Å²) in [6.07, 6.45) is -4.97. The average Bonchev–Trinajstić information content (AvgIpc) is 3.37. The summed E-state index contributed by atoms with van der Waals surface area (Å²) in [5.74, 6) is -4.14. The molecule has 11 nitrogen and oxygen atoms in total. The lowest BCUT2D eigenvalue weighted by molar-refractivity contribution is -0.139. The van der Waals surface area contributed by atoms with E-state index in [0.29, 0.717) is 0 Å². The van der Waals surface area contributed by atoms with E-state index in [0.717, 1.165) is 6.08 Å². The third-order valence-electron chi connectivity index (χ3n) is 6.29. The van der Waals surface area contributed by atoms with E-state index in [1.165, 1.54) is 24.3 Å². The predicted molar refractivity (Wildman–Crippen MR) is 151 cm³/mol. The van der Waals surface area contributed by atoms with Crippen molar-refractivity contribution >= 4 is 29.7 Å². The fourth-order valence-corrected chi connectivity index (χ4v) is 4.22. The third kappa shape index (κ3) is 7.92. The first-order chi connectivity index (χ1) is 20.8. The van der Waals surface area contributed by atoms with Gasteiger partial charge in [0.2, 0.25) is 0 Å². The van der Waals surface area contributed by atoms with Crippen LogP contribution < -0.4 is 5.73 Å². The molecule has 0 aliphatic carbocycles. The average molecular weight is 588 g/mol. The summed E-state index contributed by atoms with van der Waals surface area (Å²) in [5, 5.41) is 0. The second-order valence-corrected chi connectivity index (χ2v) is 9.25. The van der Waals surface area contributed by atoms with Crippen LogP contribution in [0.1, 0.15) is 38.0 Å². The Balaban J connectivity index is 1.67. The van der Waals surface area contributed by atoms with Crippen LogP contribution in [0.2, 0.25) is 0 Å². The largest absolute Gasteiger partial charge is 0.461 e. The topological polar surface area (TPSA) is 158 Å². The molecule has 3 aromatic carbocycles. The van der Waals surface area contributed by atoms with Gasteiger partial charge in [-0.2, -0.15) is 0 Å². The van der Waals surface area contributed by atoms with Gasteiger partial charge in [-0.25, -0.2) is 19.2 Å². The number of carbonyl (C=O) groups is 5. The second-order valence-electron chi connectivity index (χ2n) is 9.25. The van der Waals surface area contributed by atoms with Gasteiger partial charge in [0.05, 0.1) is 23.3 Å². The van der Waals surface area contributed by atoms with Crippen LogP contribution in [0.25, 0.3) is 0 Å². The van der Waals surface area contributed by atoms with Crippen molar-refractivity contribution < 1.29 is 47.7 Å². The molecule has 4 atom stereocenters. The quantitative estimate of drug-likeness (QED) is 0.200. The summed E-state index contributed by atoms with van der Waals surface area (Å²) in [4.78, 5) is 64.3. The molecule has 1 saturated heterocycles. The van der Waals surface area contributed by atoms with E-state index < -0.39 is 66.4 Å². The fraction of sp³-hybridized carbons (Fsp3) is 0.219. The van der Waals surface area contributed by atoms with E-state index >= 15 is 0 Å². The highest BCUT2D eigenvalue weighted by molar-refractivity contribution is 6.02. The molecular formula is C32H29NO10. The maximum atomic E-state index is 13.4. The summed E-state index contributed by atoms with van der Waals surface area (Å²) in [5.41, 5.74) is 5.82. The SMILES string of the molecule is CCOC(=O)/C(N)=C/C(=O)[C@@H]1O[C@H](COC(=O)c2ccccc2)[C@@H](OC(=O)c2ccccc2)[C@H]1OC(=O)c1ccccc1. The molecule has 4 rings (SSSR count). The van der Waals surface area contributed by atoms with E-state index in [1.54, 1.807) is 73.7 Å². The summed E-state index contributed by atoms with van der Waals surface area (Å²) in [6.45, 7) is 1.12. The predicted octanol–water partition coefficient (Wildman–Crippen LogP) is 3.04. The molecule has 1 fully saturated rings. The van der Waals surface area contributed by atoms with Crippen molar-refractivity contribution in [3.63, 3.8) is 0 Å². The summed E-state index contributed by atoms with van der Waals surface area (Å²) < 4.78 is 27.6. The molecule has 1 heterocycles. The van der Waals surface area contributed by atoms with Gasteiger partial charge in [-0.05, 0) is 43.3 Å². The molecule has 11 heteroatoms. The van der Waals surface area contributed by atoms with Crippen molar-refractivity contribution in [2.24, 2.45) is 5.73 Å². The van der Waals surface area contributed by atoms with E-state index in [2.05, 4.69) is 0 Å². The van der Waals surface area contributed by atoms with Gasteiger partial charge >= 0.3 is 23.9 Å². The first-order valence-electron chi connectivity index (χ1n) is 13.4. The van der Waals surface area contributed by atoms with Gasteiger partial charge in [0.15, 0.2) is 24.1 Å². The molecule has 0 amide bonds. The third-order valence-corrected chi connectivity index (χ3v) is 6.29. The Kier molecular flexibility index (Phi) is 10.4.